The normalized spacial score (nSPS) is 14.1. The summed E-state index contributed by atoms with van der Waals surface area (Å²) >= 11 is 0. The summed E-state index contributed by atoms with van der Waals surface area (Å²) in [6, 6.07) is -1.14. The van der Waals surface area contributed by atoms with Crippen molar-refractivity contribution < 1.29 is 28.0 Å². The average molecular weight is 620 g/mol. The van der Waals surface area contributed by atoms with Gasteiger partial charge < -0.3 is 15.5 Å². The van der Waals surface area contributed by atoms with Gasteiger partial charge in [0.2, 0.25) is 5.91 Å². The molecular weight excluding hydrogens is 550 g/mol. The first-order chi connectivity index (χ1) is 20.2. The third-order valence-corrected chi connectivity index (χ3v) is 9.20. The Labute approximate surface area is 260 Å². The zero-order chi connectivity index (χ0) is 31.3. The highest BCUT2D eigenvalue weighted by molar-refractivity contribution is 7.85. The van der Waals surface area contributed by atoms with Gasteiger partial charge in [0.15, 0.2) is 0 Å². The molecule has 0 radical (unpaired) electrons. The van der Waals surface area contributed by atoms with E-state index in [-0.39, 0.29) is 0 Å². The molecule has 252 valence electrons. The van der Waals surface area contributed by atoms with Crippen LogP contribution in [0, 0.1) is 0 Å². The zero-order valence-electron chi connectivity index (χ0n) is 27.5. The topological polar surface area (TPSA) is 124 Å². The van der Waals surface area contributed by atoms with E-state index in [1.54, 1.807) is 0 Å². The molecule has 0 saturated heterocycles. The van der Waals surface area contributed by atoms with Gasteiger partial charge in [0.05, 0.1) is 17.9 Å². The monoisotopic (exact) mass is 619 g/mol. The molecule has 0 bridgehead atoms. The first-order valence-corrected chi connectivity index (χ1v) is 19.4. The lowest BCUT2D eigenvalue weighted by molar-refractivity contribution is -0.131. The van der Waals surface area contributed by atoms with Crippen molar-refractivity contribution >= 4 is 16.0 Å². The number of carbonyl (C=O) groups excluding carboxylic acids is 1. The highest BCUT2D eigenvalue weighted by Crippen LogP contribution is 2.16. The highest BCUT2D eigenvalue weighted by Gasteiger charge is 2.28. The Morgan fingerprint density at radius 3 is 1.19 bits per heavy atom. The lowest BCUT2D eigenvalue weighted by Gasteiger charge is -2.24. The van der Waals surface area contributed by atoms with Gasteiger partial charge in [-0.1, -0.05) is 174 Å². The van der Waals surface area contributed by atoms with E-state index in [1.807, 2.05) is 0 Å². The van der Waals surface area contributed by atoms with Crippen LogP contribution in [0.1, 0.15) is 187 Å². The molecule has 0 aromatic carbocycles. The molecule has 0 rings (SSSR count). The second-order valence-corrected chi connectivity index (χ2v) is 14.2. The lowest BCUT2D eigenvalue weighted by Crippen LogP contribution is -2.50. The van der Waals surface area contributed by atoms with Crippen molar-refractivity contribution in [3.8, 4) is 0 Å². The number of aliphatic hydroxyl groups excluding tert-OH is 2. The Morgan fingerprint density at radius 2 is 0.857 bits per heavy atom. The summed E-state index contributed by atoms with van der Waals surface area (Å²) in [5, 5.41) is 23.4. The van der Waals surface area contributed by atoms with Gasteiger partial charge >= 0.3 is 0 Å². The zero-order valence-corrected chi connectivity index (χ0v) is 28.3. The van der Waals surface area contributed by atoms with Crippen LogP contribution >= 0.6 is 0 Å². The fraction of sp³-hybridized carbons (Fsp3) is 0.971. The summed E-state index contributed by atoms with van der Waals surface area (Å²) in [4.78, 5) is 12.5. The first kappa shape index (κ1) is 41.3. The summed E-state index contributed by atoms with van der Waals surface area (Å²) < 4.78 is 32.4. The minimum absolute atomic E-state index is 0.302. The van der Waals surface area contributed by atoms with Crippen LogP contribution in [0.3, 0.4) is 0 Å². The molecule has 0 saturated carbocycles. The molecule has 3 atom stereocenters. The standard InChI is InChI=1S/C34H69NO6S/c1-3-5-7-9-11-13-15-17-19-20-22-24-26-28-32(36)31(30-42(39,40)41)35-34(38)33(37)29-27-25-23-21-18-16-14-12-10-8-6-4-2/h31-33,36-37H,3-30H2,1-2H3,(H,35,38)(H,39,40,41). The Hall–Kier alpha value is -0.700. The second-order valence-electron chi connectivity index (χ2n) is 12.7. The highest BCUT2D eigenvalue weighted by atomic mass is 32.2. The number of amides is 1. The number of unbranched alkanes of at least 4 members (excludes halogenated alkanes) is 23. The van der Waals surface area contributed by atoms with Crippen molar-refractivity contribution in [2.75, 3.05) is 5.75 Å². The molecule has 0 heterocycles. The molecule has 4 N–H and O–H groups in total. The van der Waals surface area contributed by atoms with Crippen molar-refractivity contribution in [1.29, 1.82) is 0 Å². The van der Waals surface area contributed by atoms with Crippen LogP contribution in [0.2, 0.25) is 0 Å². The van der Waals surface area contributed by atoms with E-state index in [9.17, 15) is 28.0 Å². The fourth-order valence-corrected chi connectivity index (χ4v) is 6.40. The van der Waals surface area contributed by atoms with Crippen LogP contribution in [0.25, 0.3) is 0 Å². The van der Waals surface area contributed by atoms with E-state index < -0.39 is 40.0 Å². The van der Waals surface area contributed by atoms with Gasteiger partial charge in [-0.05, 0) is 12.8 Å². The van der Waals surface area contributed by atoms with Gasteiger partial charge in [-0.3, -0.25) is 9.35 Å². The van der Waals surface area contributed by atoms with Crippen molar-refractivity contribution in [3.05, 3.63) is 0 Å². The Bertz CT molecular complexity index is 702. The van der Waals surface area contributed by atoms with Gasteiger partial charge in [-0.25, -0.2) is 0 Å². The van der Waals surface area contributed by atoms with Crippen LogP contribution < -0.4 is 5.32 Å². The molecule has 42 heavy (non-hydrogen) atoms. The third kappa shape index (κ3) is 28.1. The number of hydrogen-bond donors (Lipinski definition) is 4. The quantitative estimate of drug-likeness (QED) is 0.0441. The van der Waals surface area contributed by atoms with Gasteiger partial charge in [0.25, 0.3) is 10.1 Å². The second kappa shape index (κ2) is 29.0. The Morgan fingerprint density at radius 1 is 0.548 bits per heavy atom. The van der Waals surface area contributed by atoms with E-state index in [1.165, 1.54) is 116 Å². The van der Waals surface area contributed by atoms with Crippen LogP contribution in [0.15, 0.2) is 0 Å². The Balaban J connectivity index is 4.06. The molecule has 0 fully saturated rings. The lowest BCUT2D eigenvalue weighted by atomic mass is 10.0. The van der Waals surface area contributed by atoms with Gasteiger partial charge in [0, 0.05) is 0 Å². The molecule has 8 heteroatoms. The Kier molecular flexibility index (Phi) is 28.6. The minimum Gasteiger partial charge on any atom is -0.391 e. The molecule has 0 spiro atoms. The molecule has 0 aliphatic heterocycles. The molecule has 0 aromatic heterocycles. The van der Waals surface area contributed by atoms with Crippen molar-refractivity contribution in [3.63, 3.8) is 0 Å². The van der Waals surface area contributed by atoms with Gasteiger partial charge in [0.1, 0.15) is 6.10 Å². The largest absolute Gasteiger partial charge is 0.391 e. The first-order valence-electron chi connectivity index (χ1n) is 17.8. The summed E-state index contributed by atoms with van der Waals surface area (Å²) in [6.45, 7) is 4.47. The molecular formula is C34H69NO6S. The maximum absolute atomic E-state index is 12.5. The van der Waals surface area contributed by atoms with Crippen molar-refractivity contribution in [2.45, 2.75) is 205 Å². The van der Waals surface area contributed by atoms with Crippen LogP contribution in [-0.4, -0.2) is 53.1 Å². The van der Waals surface area contributed by atoms with E-state index in [0.717, 1.165) is 44.9 Å². The average Bonchev–Trinajstić information content (AvgIpc) is 2.94. The number of rotatable bonds is 32. The minimum atomic E-state index is -4.39. The molecule has 0 aliphatic carbocycles. The molecule has 7 nitrogen and oxygen atoms in total. The number of nitrogens with one attached hydrogen (secondary N) is 1. The van der Waals surface area contributed by atoms with Crippen molar-refractivity contribution in [2.24, 2.45) is 0 Å². The van der Waals surface area contributed by atoms with E-state index in [4.69, 9.17) is 0 Å². The smallest absolute Gasteiger partial charge is 0.266 e. The molecule has 0 aromatic rings. The van der Waals surface area contributed by atoms with Crippen LogP contribution in [-0.2, 0) is 14.9 Å². The number of aliphatic hydroxyl groups is 2. The predicted molar refractivity (Wildman–Crippen MR) is 176 cm³/mol. The third-order valence-electron chi connectivity index (χ3n) is 8.42. The van der Waals surface area contributed by atoms with Gasteiger partial charge in [-0.2, -0.15) is 8.42 Å². The fourth-order valence-electron chi connectivity index (χ4n) is 5.64. The van der Waals surface area contributed by atoms with E-state index in [0.29, 0.717) is 12.8 Å². The van der Waals surface area contributed by atoms with E-state index >= 15 is 0 Å². The summed E-state index contributed by atoms with van der Waals surface area (Å²) in [7, 11) is -4.39. The van der Waals surface area contributed by atoms with Crippen LogP contribution in [0.5, 0.6) is 0 Å². The summed E-state index contributed by atoms with van der Waals surface area (Å²) in [5.41, 5.74) is 0. The molecule has 1 amide bonds. The SMILES string of the molecule is CCCCCCCCCCCCCCCC(O)C(CS(=O)(=O)O)NC(=O)C(O)CCCCCCCCCCCCCC. The van der Waals surface area contributed by atoms with Crippen molar-refractivity contribution in [1.82, 2.24) is 5.32 Å². The maximum atomic E-state index is 12.5. The van der Waals surface area contributed by atoms with Crippen LogP contribution in [0.4, 0.5) is 0 Å². The predicted octanol–water partition coefficient (Wildman–Crippen LogP) is 8.65. The van der Waals surface area contributed by atoms with E-state index in [2.05, 4.69) is 19.2 Å². The van der Waals surface area contributed by atoms with Gasteiger partial charge in [-0.15, -0.1) is 0 Å². The summed E-state index contributed by atoms with van der Waals surface area (Å²) in [6.07, 6.45) is 28.3. The number of carbonyl (C=O) groups is 1. The number of hydrogen-bond acceptors (Lipinski definition) is 5. The maximum Gasteiger partial charge on any atom is 0.266 e. The summed E-state index contributed by atoms with van der Waals surface area (Å²) in [5.74, 6) is -1.44. The molecule has 3 unspecified atom stereocenters. The molecule has 0 aliphatic rings.